The third-order valence-corrected chi connectivity index (χ3v) is 3.39. The van der Waals surface area contributed by atoms with E-state index in [4.69, 9.17) is 17.3 Å². The summed E-state index contributed by atoms with van der Waals surface area (Å²) in [4.78, 5) is 21.7. The van der Waals surface area contributed by atoms with Crippen molar-refractivity contribution in [2.45, 2.75) is 13.3 Å². The fourth-order valence-electron chi connectivity index (χ4n) is 2.09. The van der Waals surface area contributed by atoms with Crippen LogP contribution in [0.3, 0.4) is 0 Å². The van der Waals surface area contributed by atoms with Crippen LogP contribution in [0.5, 0.6) is 0 Å². The minimum Gasteiger partial charge on any atom is -0.368 e. The summed E-state index contributed by atoms with van der Waals surface area (Å²) in [5.41, 5.74) is 6.93. The van der Waals surface area contributed by atoms with E-state index < -0.39 is 5.91 Å². The molecule has 110 valence electrons. The molecule has 0 aliphatic rings. The SMILES string of the molecule is CCc1c(Cl)nc(-c2ccccc2)nc1N(C)CC(N)=O. The fraction of sp³-hybridized carbons (Fsp3) is 0.267. The van der Waals surface area contributed by atoms with E-state index in [1.54, 1.807) is 11.9 Å². The average molecular weight is 305 g/mol. The zero-order chi connectivity index (χ0) is 15.4. The summed E-state index contributed by atoms with van der Waals surface area (Å²) in [7, 11) is 1.76. The van der Waals surface area contributed by atoms with Crippen LogP contribution >= 0.6 is 11.6 Å². The molecule has 1 aromatic carbocycles. The first-order valence-corrected chi connectivity index (χ1v) is 7.02. The number of likely N-dealkylation sites (N-methyl/N-ethyl adjacent to an activating group) is 1. The summed E-state index contributed by atoms with van der Waals surface area (Å²) in [6, 6.07) is 9.57. The molecule has 0 radical (unpaired) electrons. The van der Waals surface area contributed by atoms with Crippen LogP contribution in [0.4, 0.5) is 5.82 Å². The number of amides is 1. The number of hydrogen-bond donors (Lipinski definition) is 1. The Morgan fingerprint density at radius 2 is 1.95 bits per heavy atom. The lowest BCUT2D eigenvalue weighted by Crippen LogP contribution is -2.32. The highest BCUT2D eigenvalue weighted by molar-refractivity contribution is 6.30. The molecule has 1 amide bonds. The van der Waals surface area contributed by atoms with Gasteiger partial charge >= 0.3 is 0 Å². The maximum atomic E-state index is 11.1. The Kier molecular flexibility index (Phi) is 4.75. The number of primary amides is 1. The van der Waals surface area contributed by atoms with Crippen molar-refractivity contribution in [1.82, 2.24) is 9.97 Å². The van der Waals surface area contributed by atoms with Gasteiger partial charge in [0.2, 0.25) is 5.91 Å². The van der Waals surface area contributed by atoms with Crippen LogP contribution in [-0.2, 0) is 11.2 Å². The van der Waals surface area contributed by atoms with Gasteiger partial charge in [0, 0.05) is 18.2 Å². The van der Waals surface area contributed by atoms with Crippen LogP contribution in [-0.4, -0.2) is 29.5 Å². The van der Waals surface area contributed by atoms with Gasteiger partial charge in [0.15, 0.2) is 5.82 Å². The number of hydrogen-bond acceptors (Lipinski definition) is 4. The van der Waals surface area contributed by atoms with Crippen molar-refractivity contribution in [1.29, 1.82) is 0 Å². The predicted molar refractivity (Wildman–Crippen MR) is 84.3 cm³/mol. The third-order valence-electron chi connectivity index (χ3n) is 3.07. The minimum atomic E-state index is -0.421. The maximum absolute atomic E-state index is 11.1. The molecule has 0 bridgehead atoms. The number of nitrogens with zero attached hydrogens (tertiary/aromatic N) is 3. The first-order chi connectivity index (χ1) is 10.0. The molecule has 0 aliphatic carbocycles. The third kappa shape index (κ3) is 3.49. The van der Waals surface area contributed by atoms with Crippen molar-refractivity contribution in [3.63, 3.8) is 0 Å². The van der Waals surface area contributed by atoms with Crippen molar-refractivity contribution in [3.05, 3.63) is 41.0 Å². The van der Waals surface area contributed by atoms with E-state index in [9.17, 15) is 4.79 Å². The standard InChI is InChI=1S/C15H17ClN4O/c1-3-11-13(16)18-14(10-7-5-4-6-8-10)19-15(11)20(2)9-12(17)21/h4-8H,3,9H2,1-2H3,(H2,17,21). The molecule has 0 unspecified atom stereocenters. The van der Waals surface area contributed by atoms with Crippen LogP contribution in [0.25, 0.3) is 11.4 Å². The summed E-state index contributed by atoms with van der Waals surface area (Å²) in [5, 5.41) is 0.401. The molecule has 0 fully saturated rings. The molecule has 21 heavy (non-hydrogen) atoms. The highest BCUT2D eigenvalue weighted by atomic mass is 35.5. The number of carbonyl (C=O) groups excluding carboxylic acids is 1. The summed E-state index contributed by atoms with van der Waals surface area (Å²) in [6.45, 7) is 2.04. The summed E-state index contributed by atoms with van der Waals surface area (Å²) in [5.74, 6) is 0.745. The molecular weight excluding hydrogens is 288 g/mol. The van der Waals surface area contributed by atoms with E-state index in [0.29, 0.717) is 23.2 Å². The molecule has 1 aromatic heterocycles. The maximum Gasteiger partial charge on any atom is 0.236 e. The topological polar surface area (TPSA) is 72.1 Å². The van der Waals surface area contributed by atoms with Gasteiger partial charge in [-0.2, -0.15) is 0 Å². The summed E-state index contributed by atoms with van der Waals surface area (Å²) >= 11 is 6.27. The first kappa shape index (κ1) is 15.3. The molecule has 0 atom stereocenters. The summed E-state index contributed by atoms with van der Waals surface area (Å²) in [6.07, 6.45) is 0.673. The number of rotatable bonds is 5. The number of benzene rings is 1. The van der Waals surface area contributed by atoms with Crippen LogP contribution in [0.2, 0.25) is 5.15 Å². The van der Waals surface area contributed by atoms with Gasteiger partial charge in [-0.25, -0.2) is 9.97 Å². The second kappa shape index (κ2) is 6.54. The molecule has 1 heterocycles. The fourth-order valence-corrected chi connectivity index (χ4v) is 2.39. The Labute approximate surface area is 128 Å². The van der Waals surface area contributed by atoms with Gasteiger partial charge in [-0.15, -0.1) is 0 Å². The predicted octanol–water partition coefficient (Wildman–Crippen LogP) is 2.28. The highest BCUT2D eigenvalue weighted by Crippen LogP contribution is 2.27. The van der Waals surface area contributed by atoms with Crippen molar-refractivity contribution in [2.75, 3.05) is 18.5 Å². The van der Waals surface area contributed by atoms with E-state index >= 15 is 0 Å². The van der Waals surface area contributed by atoms with Crippen LogP contribution in [0.1, 0.15) is 12.5 Å². The zero-order valence-electron chi connectivity index (χ0n) is 12.0. The molecule has 0 spiro atoms. The Morgan fingerprint density at radius 3 is 2.52 bits per heavy atom. The zero-order valence-corrected chi connectivity index (χ0v) is 12.8. The lowest BCUT2D eigenvalue weighted by Gasteiger charge is -2.20. The molecule has 2 aromatic rings. The smallest absolute Gasteiger partial charge is 0.236 e. The van der Waals surface area contributed by atoms with Crippen LogP contribution in [0.15, 0.2) is 30.3 Å². The second-order valence-electron chi connectivity index (χ2n) is 4.68. The average Bonchev–Trinajstić information content (AvgIpc) is 2.46. The van der Waals surface area contributed by atoms with Gasteiger partial charge in [-0.1, -0.05) is 48.9 Å². The van der Waals surface area contributed by atoms with Crippen LogP contribution in [0, 0.1) is 0 Å². The minimum absolute atomic E-state index is 0.0779. The van der Waals surface area contributed by atoms with E-state index in [2.05, 4.69) is 9.97 Å². The van der Waals surface area contributed by atoms with Gasteiger partial charge in [-0.3, -0.25) is 4.79 Å². The normalized spacial score (nSPS) is 10.4. The molecule has 0 aliphatic heterocycles. The second-order valence-corrected chi connectivity index (χ2v) is 5.04. The Morgan fingerprint density at radius 1 is 1.29 bits per heavy atom. The number of halogens is 1. The van der Waals surface area contributed by atoms with Crippen LogP contribution < -0.4 is 10.6 Å². The molecule has 0 saturated heterocycles. The van der Waals surface area contributed by atoms with Crippen molar-refractivity contribution >= 4 is 23.3 Å². The van der Waals surface area contributed by atoms with Crippen molar-refractivity contribution in [3.8, 4) is 11.4 Å². The molecule has 0 saturated carbocycles. The summed E-state index contributed by atoms with van der Waals surface area (Å²) < 4.78 is 0. The molecular formula is C15H17ClN4O. The lowest BCUT2D eigenvalue weighted by atomic mass is 10.2. The van der Waals surface area contributed by atoms with Crippen molar-refractivity contribution in [2.24, 2.45) is 5.73 Å². The van der Waals surface area contributed by atoms with Gasteiger partial charge < -0.3 is 10.6 Å². The van der Waals surface area contributed by atoms with Gasteiger partial charge in [0.25, 0.3) is 0 Å². The number of carbonyl (C=O) groups is 1. The Bertz CT molecular complexity index is 646. The molecule has 2 N–H and O–H groups in total. The van der Waals surface area contributed by atoms with E-state index in [1.807, 2.05) is 37.3 Å². The molecule has 2 rings (SSSR count). The van der Waals surface area contributed by atoms with Crippen molar-refractivity contribution < 1.29 is 4.79 Å². The number of aromatic nitrogens is 2. The van der Waals surface area contributed by atoms with Gasteiger partial charge in [-0.05, 0) is 6.42 Å². The number of nitrogens with two attached hydrogens (primary N) is 1. The Hall–Kier alpha value is -2.14. The quantitative estimate of drug-likeness (QED) is 0.860. The monoisotopic (exact) mass is 304 g/mol. The number of anilines is 1. The van der Waals surface area contributed by atoms with E-state index in [1.165, 1.54) is 0 Å². The largest absolute Gasteiger partial charge is 0.368 e. The molecule has 6 heteroatoms. The molecule has 5 nitrogen and oxygen atoms in total. The first-order valence-electron chi connectivity index (χ1n) is 6.64. The lowest BCUT2D eigenvalue weighted by molar-refractivity contribution is -0.116. The van der Waals surface area contributed by atoms with E-state index in [-0.39, 0.29) is 6.54 Å². The highest BCUT2D eigenvalue weighted by Gasteiger charge is 2.17. The van der Waals surface area contributed by atoms with Gasteiger partial charge in [0.1, 0.15) is 11.0 Å². The Balaban J connectivity index is 2.52. The van der Waals surface area contributed by atoms with E-state index in [0.717, 1.165) is 11.1 Å². The van der Waals surface area contributed by atoms with Gasteiger partial charge in [0.05, 0.1) is 6.54 Å².